The first kappa shape index (κ1) is 15.0. The molecule has 1 aliphatic carbocycles. The number of rotatable bonds is 6. The fourth-order valence-electron chi connectivity index (χ4n) is 2.88. The fraction of sp³-hybridized carbons (Fsp3) is 0.588. The van der Waals surface area contributed by atoms with E-state index in [1.165, 1.54) is 18.4 Å². The van der Waals surface area contributed by atoms with Crippen molar-refractivity contribution in [3.63, 3.8) is 0 Å². The minimum Gasteiger partial charge on any atom is -0.326 e. The Morgan fingerprint density at radius 2 is 2.00 bits per heavy atom. The number of anilines is 1. The molecular weight excluding hydrogens is 248 g/mol. The number of benzene rings is 1. The van der Waals surface area contributed by atoms with Gasteiger partial charge in [-0.25, -0.2) is 0 Å². The molecule has 20 heavy (non-hydrogen) atoms. The van der Waals surface area contributed by atoms with Crippen LogP contribution in [0.1, 0.15) is 57.6 Å². The Morgan fingerprint density at radius 3 is 2.70 bits per heavy atom. The average molecular weight is 274 g/mol. The number of hydrogen-bond donors (Lipinski definition) is 2. The maximum Gasteiger partial charge on any atom is 0.227 e. The number of nitrogens with one attached hydrogen (secondary N) is 2. The van der Waals surface area contributed by atoms with E-state index in [-0.39, 0.29) is 17.9 Å². The van der Waals surface area contributed by atoms with Crippen LogP contribution in [0.3, 0.4) is 0 Å². The molecule has 1 aliphatic rings. The second-order valence-corrected chi connectivity index (χ2v) is 5.73. The average Bonchev–Trinajstić information content (AvgIpc) is 2.99. The van der Waals surface area contributed by atoms with Crippen LogP contribution in [0.4, 0.5) is 5.69 Å². The smallest absolute Gasteiger partial charge is 0.227 e. The van der Waals surface area contributed by atoms with Crippen LogP contribution in [0, 0.1) is 5.92 Å². The highest BCUT2D eigenvalue weighted by Crippen LogP contribution is 2.28. The maximum absolute atomic E-state index is 12.3. The molecule has 1 amide bonds. The van der Waals surface area contributed by atoms with Gasteiger partial charge in [0.05, 0.1) is 0 Å². The normalized spacial score (nSPS) is 17.1. The van der Waals surface area contributed by atoms with Crippen LogP contribution >= 0.6 is 0 Å². The second-order valence-electron chi connectivity index (χ2n) is 5.73. The van der Waals surface area contributed by atoms with E-state index >= 15 is 0 Å². The molecule has 2 N–H and O–H groups in total. The van der Waals surface area contributed by atoms with Crippen molar-refractivity contribution in [2.24, 2.45) is 5.92 Å². The van der Waals surface area contributed by atoms with Gasteiger partial charge in [-0.3, -0.25) is 4.79 Å². The van der Waals surface area contributed by atoms with Crippen molar-refractivity contribution in [3.05, 3.63) is 29.8 Å². The molecule has 1 unspecified atom stereocenters. The molecule has 1 aromatic carbocycles. The lowest BCUT2D eigenvalue weighted by Crippen LogP contribution is -2.24. The van der Waals surface area contributed by atoms with Gasteiger partial charge >= 0.3 is 0 Å². The zero-order valence-corrected chi connectivity index (χ0v) is 12.6. The first-order valence-electron chi connectivity index (χ1n) is 7.85. The van der Waals surface area contributed by atoms with Gasteiger partial charge in [0.25, 0.3) is 0 Å². The van der Waals surface area contributed by atoms with E-state index in [1.54, 1.807) is 0 Å². The van der Waals surface area contributed by atoms with E-state index in [1.807, 2.05) is 18.2 Å². The second kappa shape index (κ2) is 7.44. The van der Waals surface area contributed by atoms with Gasteiger partial charge in [-0.05, 0) is 44.4 Å². The van der Waals surface area contributed by atoms with Crippen LogP contribution in [0.2, 0.25) is 0 Å². The van der Waals surface area contributed by atoms with Gasteiger partial charge in [0.2, 0.25) is 5.91 Å². The molecule has 0 radical (unpaired) electrons. The van der Waals surface area contributed by atoms with E-state index in [4.69, 9.17) is 0 Å². The van der Waals surface area contributed by atoms with Crippen LogP contribution in [-0.2, 0) is 4.79 Å². The Bertz CT molecular complexity index is 438. The van der Waals surface area contributed by atoms with Crippen molar-refractivity contribution < 1.29 is 4.79 Å². The van der Waals surface area contributed by atoms with E-state index in [0.29, 0.717) is 0 Å². The molecule has 0 saturated heterocycles. The van der Waals surface area contributed by atoms with Crippen LogP contribution in [-0.4, -0.2) is 12.5 Å². The Labute approximate surface area is 122 Å². The van der Waals surface area contributed by atoms with E-state index < -0.39 is 0 Å². The summed E-state index contributed by atoms with van der Waals surface area (Å²) >= 11 is 0. The largest absolute Gasteiger partial charge is 0.326 e. The summed E-state index contributed by atoms with van der Waals surface area (Å²) in [6, 6.07) is 8.38. The van der Waals surface area contributed by atoms with E-state index in [0.717, 1.165) is 31.5 Å². The van der Waals surface area contributed by atoms with E-state index in [2.05, 4.69) is 30.5 Å². The van der Waals surface area contributed by atoms with Crippen molar-refractivity contribution in [1.29, 1.82) is 0 Å². The predicted molar refractivity (Wildman–Crippen MR) is 83.7 cm³/mol. The Kier molecular flexibility index (Phi) is 5.60. The highest BCUT2D eigenvalue weighted by Gasteiger charge is 2.23. The Morgan fingerprint density at radius 1 is 1.30 bits per heavy atom. The van der Waals surface area contributed by atoms with Crippen molar-refractivity contribution in [1.82, 2.24) is 5.32 Å². The molecule has 0 spiro atoms. The summed E-state index contributed by atoms with van der Waals surface area (Å²) in [5.74, 6) is 0.402. The van der Waals surface area contributed by atoms with Crippen molar-refractivity contribution >= 4 is 11.6 Å². The third-order valence-corrected chi connectivity index (χ3v) is 4.11. The first-order valence-corrected chi connectivity index (χ1v) is 7.85. The number of hydrogen-bond acceptors (Lipinski definition) is 2. The minimum absolute atomic E-state index is 0.192. The van der Waals surface area contributed by atoms with Crippen LogP contribution in [0.5, 0.6) is 0 Å². The molecule has 0 heterocycles. The zero-order chi connectivity index (χ0) is 14.4. The molecule has 1 saturated carbocycles. The van der Waals surface area contributed by atoms with Crippen LogP contribution in [0.15, 0.2) is 24.3 Å². The molecule has 1 aromatic rings. The van der Waals surface area contributed by atoms with Gasteiger partial charge in [0.15, 0.2) is 0 Å². The van der Waals surface area contributed by atoms with Crippen molar-refractivity contribution in [2.45, 2.75) is 52.0 Å². The summed E-state index contributed by atoms with van der Waals surface area (Å²) in [5, 5.41) is 6.61. The highest BCUT2D eigenvalue weighted by molar-refractivity contribution is 5.93. The number of amides is 1. The molecule has 0 aromatic heterocycles. The monoisotopic (exact) mass is 274 g/mol. The van der Waals surface area contributed by atoms with Gasteiger partial charge in [0.1, 0.15) is 0 Å². The third-order valence-electron chi connectivity index (χ3n) is 4.11. The highest BCUT2D eigenvalue weighted by atomic mass is 16.1. The molecule has 110 valence electrons. The van der Waals surface area contributed by atoms with Gasteiger partial charge in [-0.2, -0.15) is 0 Å². The Balaban J connectivity index is 2.04. The molecule has 0 bridgehead atoms. The summed E-state index contributed by atoms with van der Waals surface area (Å²) in [6.07, 6.45) is 5.57. The van der Waals surface area contributed by atoms with Gasteiger partial charge in [-0.15, -0.1) is 0 Å². The fourth-order valence-corrected chi connectivity index (χ4v) is 2.88. The molecular formula is C17H26N2O. The standard InChI is InChI=1S/C17H26N2O/c1-3-12-18-13(2)15-10-6-7-11-16(15)19-17(20)14-8-4-5-9-14/h6-7,10-11,13-14,18H,3-5,8-9,12H2,1-2H3,(H,19,20). The summed E-state index contributed by atoms with van der Waals surface area (Å²) in [6.45, 7) is 5.30. The summed E-state index contributed by atoms with van der Waals surface area (Å²) < 4.78 is 0. The van der Waals surface area contributed by atoms with E-state index in [9.17, 15) is 4.79 Å². The molecule has 3 heteroatoms. The molecule has 0 aliphatic heterocycles. The summed E-state index contributed by atoms with van der Waals surface area (Å²) in [4.78, 5) is 12.3. The van der Waals surface area contributed by atoms with Crippen LogP contribution < -0.4 is 10.6 Å². The number of carbonyl (C=O) groups is 1. The van der Waals surface area contributed by atoms with Crippen molar-refractivity contribution in [3.8, 4) is 0 Å². The quantitative estimate of drug-likeness (QED) is 0.826. The lowest BCUT2D eigenvalue weighted by atomic mass is 10.0. The van der Waals surface area contributed by atoms with Crippen molar-refractivity contribution in [2.75, 3.05) is 11.9 Å². The SMILES string of the molecule is CCCNC(C)c1ccccc1NC(=O)C1CCCC1. The number of para-hydroxylation sites is 1. The maximum atomic E-state index is 12.3. The first-order chi connectivity index (χ1) is 9.72. The predicted octanol–water partition coefficient (Wildman–Crippen LogP) is 3.88. The lowest BCUT2D eigenvalue weighted by molar-refractivity contribution is -0.119. The van der Waals surface area contributed by atoms with Gasteiger partial charge in [0, 0.05) is 17.6 Å². The molecule has 1 atom stereocenters. The van der Waals surface area contributed by atoms with Gasteiger partial charge in [-0.1, -0.05) is 38.0 Å². The molecule has 1 fully saturated rings. The summed E-state index contributed by atoms with van der Waals surface area (Å²) in [5.41, 5.74) is 2.13. The number of carbonyl (C=O) groups excluding carboxylic acids is 1. The zero-order valence-electron chi connectivity index (χ0n) is 12.6. The minimum atomic E-state index is 0.192. The van der Waals surface area contributed by atoms with Gasteiger partial charge < -0.3 is 10.6 Å². The topological polar surface area (TPSA) is 41.1 Å². The lowest BCUT2D eigenvalue weighted by Gasteiger charge is -2.19. The Hall–Kier alpha value is -1.35. The molecule has 3 nitrogen and oxygen atoms in total. The molecule has 2 rings (SSSR count). The van der Waals surface area contributed by atoms with Crippen LogP contribution in [0.25, 0.3) is 0 Å². The third kappa shape index (κ3) is 3.83. The summed E-state index contributed by atoms with van der Waals surface area (Å²) in [7, 11) is 0.